The number of aliphatic hydroxyl groups is 1. The van der Waals surface area contributed by atoms with E-state index in [0.717, 1.165) is 5.56 Å². The first-order valence-corrected chi connectivity index (χ1v) is 5.01. The Morgan fingerprint density at radius 3 is 2.43 bits per heavy atom. The fraction of sp³-hybridized carbons (Fsp3) is 0.455. The van der Waals surface area contributed by atoms with Crippen LogP contribution in [0.25, 0.3) is 0 Å². The summed E-state index contributed by atoms with van der Waals surface area (Å²) in [6, 6.07) is 1.41. The molecule has 0 saturated heterocycles. The highest BCUT2D eigenvalue weighted by Crippen LogP contribution is 2.48. The number of hydrogen-bond donors (Lipinski definition) is 1. The Kier molecular flexibility index (Phi) is 2.09. The number of hydrogen-bond acceptors (Lipinski definition) is 1. The maximum Gasteiger partial charge on any atom is 0.128 e. The van der Waals surface area contributed by atoms with Gasteiger partial charge in [-0.1, -0.05) is 11.6 Å². The second-order valence-electron chi connectivity index (χ2n) is 4.00. The molecule has 0 aliphatic heterocycles. The van der Waals surface area contributed by atoms with Crippen LogP contribution in [0.2, 0.25) is 5.02 Å². The highest BCUT2D eigenvalue weighted by atomic mass is 35.5. The van der Waals surface area contributed by atoms with Crippen molar-refractivity contribution in [3.8, 4) is 0 Å². The predicted molar refractivity (Wildman–Crippen MR) is 54.0 cm³/mol. The van der Waals surface area contributed by atoms with Crippen LogP contribution >= 0.6 is 11.6 Å². The van der Waals surface area contributed by atoms with Crippen molar-refractivity contribution >= 4 is 11.6 Å². The molecule has 1 aliphatic carbocycles. The molecule has 14 heavy (non-hydrogen) atoms. The summed E-state index contributed by atoms with van der Waals surface area (Å²) in [5.41, 5.74) is 1.08. The van der Waals surface area contributed by atoms with Gasteiger partial charge in [-0.15, -0.1) is 0 Å². The lowest BCUT2D eigenvalue weighted by atomic mass is 9.99. The first-order valence-electron chi connectivity index (χ1n) is 4.64. The van der Waals surface area contributed by atoms with E-state index in [4.69, 9.17) is 11.6 Å². The third-order valence-electron chi connectivity index (χ3n) is 2.92. The molecule has 0 heterocycles. The molecule has 0 radical (unpaired) electrons. The minimum atomic E-state index is -0.817. The normalized spacial score (nSPS) is 18.4. The molecule has 1 aromatic carbocycles. The van der Waals surface area contributed by atoms with E-state index in [1.807, 2.05) is 6.92 Å². The van der Waals surface area contributed by atoms with Crippen LogP contribution in [0.15, 0.2) is 6.07 Å². The fourth-order valence-corrected chi connectivity index (χ4v) is 1.91. The molecule has 1 N–H and O–H groups in total. The second kappa shape index (κ2) is 2.94. The van der Waals surface area contributed by atoms with Gasteiger partial charge >= 0.3 is 0 Å². The lowest BCUT2D eigenvalue weighted by Crippen LogP contribution is -2.08. The fourth-order valence-electron chi connectivity index (χ4n) is 1.72. The molecule has 2 rings (SSSR count). The average molecular weight is 215 g/mol. The summed E-state index contributed by atoms with van der Waals surface area (Å²) in [6.07, 6.45) is 1.40. The zero-order valence-corrected chi connectivity index (χ0v) is 8.95. The molecule has 1 fully saturated rings. The van der Waals surface area contributed by atoms with Gasteiger partial charge in [0.05, 0.1) is 5.60 Å². The van der Waals surface area contributed by atoms with E-state index in [2.05, 4.69) is 0 Å². The third-order valence-corrected chi connectivity index (χ3v) is 3.48. The second-order valence-corrected chi connectivity index (χ2v) is 4.38. The largest absolute Gasteiger partial charge is 0.385 e. The molecule has 0 spiro atoms. The van der Waals surface area contributed by atoms with E-state index in [0.29, 0.717) is 29.0 Å². The average Bonchev–Trinajstić information content (AvgIpc) is 2.87. The Hall–Kier alpha value is -0.600. The van der Waals surface area contributed by atoms with E-state index in [-0.39, 0.29) is 5.82 Å². The van der Waals surface area contributed by atoms with Crippen LogP contribution in [0.5, 0.6) is 0 Å². The van der Waals surface area contributed by atoms with Gasteiger partial charge in [0.1, 0.15) is 5.82 Å². The summed E-state index contributed by atoms with van der Waals surface area (Å²) in [5, 5.41) is 10.3. The van der Waals surface area contributed by atoms with Crippen molar-refractivity contribution in [1.29, 1.82) is 0 Å². The summed E-state index contributed by atoms with van der Waals surface area (Å²) >= 11 is 5.97. The topological polar surface area (TPSA) is 20.2 Å². The molecule has 1 saturated carbocycles. The molecule has 0 bridgehead atoms. The molecule has 0 atom stereocenters. The molecular weight excluding hydrogens is 203 g/mol. The molecule has 76 valence electrons. The van der Waals surface area contributed by atoms with Gasteiger partial charge in [-0.3, -0.25) is 0 Å². The van der Waals surface area contributed by atoms with Crippen molar-refractivity contribution in [2.45, 2.75) is 32.3 Å². The molecule has 0 unspecified atom stereocenters. The van der Waals surface area contributed by atoms with Crippen molar-refractivity contribution < 1.29 is 9.50 Å². The van der Waals surface area contributed by atoms with Gasteiger partial charge in [0.15, 0.2) is 0 Å². The summed E-state index contributed by atoms with van der Waals surface area (Å²) in [5.74, 6) is -0.337. The van der Waals surface area contributed by atoms with Gasteiger partial charge in [0.25, 0.3) is 0 Å². The Morgan fingerprint density at radius 1 is 1.36 bits per heavy atom. The standard InChI is InChI=1S/C11H12ClFO/c1-6-8(11(14)3-4-11)5-9(13)7(2)10(6)12/h5,14H,3-4H2,1-2H3. The van der Waals surface area contributed by atoms with Crippen LogP contribution < -0.4 is 0 Å². The molecular formula is C11H12ClFO. The van der Waals surface area contributed by atoms with Crippen LogP contribution in [0, 0.1) is 19.7 Å². The zero-order valence-electron chi connectivity index (χ0n) is 8.19. The molecule has 0 aromatic heterocycles. The number of benzene rings is 1. The minimum Gasteiger partial charge on any atom is -0.385 e. The van der Waals surface area contributed by atoms with Crippen molar-refractivity contribution in [2.24, 2.45) is 0 Å². The summed E-state index contributed by atoms with van der Waals surface area (Å²) in [7, 11) is 0. The number of rotatable bonds is 1. The Balaban J connectivity index is 2.62. The lowest BCUT2D eigenvalue weighted by molar-refractivity contribution is 0.150. The Bertz CT molecular complexity index is 397. The van der Waals surface area contributed by atoms with Gasteiger partial charge in [-0.05, 0) is 43.9 Å². The van der Waals surface area contributed by atoms with Crippen LogP contribution in [-0.2, 0) is 5.60 Å². The van der Waals surface area contributed by atoms with Crippen LogP contribution in [0.4, 0.5) is 4.39 Å². The van der Waals surface area contributed by atoms with E-state index >= 15 is 0 Å². The maximum atomic E-state index is 13.4. The molecule has 1 aromatic rings. The summed E-state index contributed by atoms with van der Waals surface area (Å²) < 4.78 is 13.4. The lowest BCUT2D eigenvalue weighted by Gasteiger charge is -2.15. The smallest absolute Gasteiger partial charge is 0.128 e. The third kappa shape index (κ3) is 1.33. The first kappa shape index (κ1) is 9.94. The van der Waals surface area contributed by atoms with Crippen LogP contribution in [0.1, 0.15) is 29.5 Å². The Labute approximate surface area is 87.5 Å². The monoisotopic (exact) mass is 214 g/mol. The number of halogens is 2. The van der Waals surface area contributed by atoms with Crippen LogP contribution in [-0.4, -0.2) is 5.11 Å². The van der Waals surface area contributed by atoms with Crippen molar-refractivity contribution in [2.75, 3.05) is 0 Å². The van der Waals surface area contributed by atoms with Crippen molar-refractivity contribution in [3.63, 3.8) is 0 Å². The van der Waals surface area contributed by atoms with E-state index in [9.17, 15) is 9.50 Å². The summed E-state index contributed by atoms with van der Waals surface area (Å²) in [6.45, 7) is 3.46. The summed E-state index contributed by atoms with van der Waals surface area (Å²) in [4.78, 5) is 0. The first-order chi connectivity index (χ1) is 6.46. The molecule has 1 aliphatic rings. The SMILES string of the molecule is Cc1c(F)cc(C2(O)CC2)c(C)c1Cl. The van der Waals surface area contributed by atoms with Gasteiger partial charge < -0.3 is 5.11 Å². The minimum absolute atomic E-state index is 0.337. The molecule has 0 amide bonds. The van der Waals surface area contributed by atoms with Gasteiger partial charge in [-0.2, -0.15) is 0 Å². The van der Waals surface area contributed by atoms with Crippen molar-refractivity contribution in [3.05, 3.63) is 33.6 Å². The van der Waals surface area contributed by atoms with E-state index in [1.165, 1.54) is 6.07 Å². The van der Waals surface area contributed by atoms with E-state index in [1.54, 1.807) is 6.92 Å². The highest BCUT2D eigenvalue weighted by Gasteiger charge is 2.43. The highest BCUT2D eigenvalue weighted by molar-refractivity contribution is 6.32. The predicted octanol–water partition coefficient (Wildman–Crippen LogP) is 3.08. The van der Waals surface area contributed by atoms with Gasteiger partial charge in [0, 0.05) is 10.6 Å². The van der Waals surface area contributed by atoms with Gasteiger partial charge in [-0.25, -0.2) is 4.39 Å². The quantitative estimate of drug-likeness (QED) is 0.762. The van der Waals surface area contributed by atoms with Crippen LogP contribution in [0.3, 0.4) is 0 Å². The molecule has 3 heteroatoms. The van der Waals surface area contributed by atoms with Gasteiger partial charge in [0.2, 0.25) is 0 Å². The Morgan fingerprint density at radius 2 is 1.93 bits per heavy atom. The van der Waals surface area contributed by atoms with E-state index < -0.39 is 5.60 Å². The maximum absolute atomic E-state index is 13.4. The van der Waals surface area contributed by atoms with Crippen molar-refractivity contribution in [1.82, 2.24) is 0 Å². The molecule has 1 nitrogen and oxygen atoms in total. The zero-order chi connectivity index (χ0) is 10.5.